The van der Waals surface area contributed by atoms with Crippen LogP contribution in [0, 0.1) is 11.3 Å². The van der Waals surface area contributed by atoms with Gasteiger partial charge in [0.2, 0.25) is 0 Å². The van der Waals surface area contributed by atoms with Crippen LogP contribution in [0.5, 0.6) is 0 Å². The summed E-state index contributed by atoms with van der Waals surface area (Å²) in [6.45, 7) is 9.20. The van der Waals surface area contributed by atoms with Crippen molar-refractivity contribution in [2.24, 2.45) is 11.3 Å². The molecule has 0 heterocycles. The van der Waals surface area contributed by atoms with Crippen LogP contribution in [0.25, 0.3) is 0 Å². The fourth-order valence-electron chi connectivity index (χ4n) is 2.59. The summed E-state index contributed by atoms with van der Waals surface area (Å²) < 4.78 is 5.22. The van der Waals surface area contributed by atoms with Gasteiger partial charge in [-0.05, 0) is 39.5 Å². The van der Waals surface area contributed by atoms with E-state index in [-0.39, 0.29) is 5.92 Å². The van der Waals surface area contributed by atoms with E-state index in [9.17, 15) is 14.7 Å². The minimum atomic E-state index is -0.828. The molecule has 0 aromatic carbocycles. The Morgan fingerprint density at radius 2 is 1.79 bits per heavy atom. The number of carboxylic acids is 1. The second kappa shape index (κ2) is 5.39. The molecule has 1 rings (SSSR count). The molecular weight excluding hydrogens is 246 g/mol. The molecule has 0 radical (unpaired) electrons. The van der Waals surface area contributed by atoms with Crippen LogP contribution in [0.3, 0.4) is 0 Å². The van der Waals surface area contributed by atoms with Crippen molar-refractivity contribution in [1.82, 2.24) is 5.32 Å². The number of nitrogens with one attached hydrogen (secondary N) is 1. The Morgan fingerprint density at radius 1 is 1.26 bits per heavy atom. The largest absolute Gasteiger partial charge is 0.481 e. The van der Waals surface area contributed by atoms with E-state index in [1.165, 1.54) is 0 Å². The van der Waals surface area contributed by atoms with Crippen molar-refractivity contribution < 1.29 is 19.4 Å². The minimum Gasteiger partial charge on any atom is -0.481 e. The third kappa shape index (κ3) is 3.61. The molecule has 5 heteroatoms. The second-order valence-electron chi connectivity index (χ2n) is 6.68. The Bertz CT molecular complexity index is 353. The standard InChI is InChI=1S/C14H25NO4/c1-9(2)10(14(11(16)17)7-6-8-14)15-12(18)19-13(3,4)5/h9-10H,6-8H2,1-5H3,(H,15,18)(H,16,17). The number of rotatable bonds is 4. The lowest BCUT2D eigenvalue weighted by molar-refractivity contribution is -0.158. The molecule has 1 atom stereocenters. The summed E-state index contributed by atoms with van der Waals surface area (Å²) in [4.78, 5) is 23.4. The highest BCUT2D eigenvalue weighted by molar-refractivity contribution is 5.78. The summed E-state index contributed by atoms with van der Waals surface area (Å²) in [5, 5.41) is 12.2. The summed E-state index contributed by atoms with van der Waals surface area (Å²) in [6, 6.07) is -0.395. The molecular formula is C14H25NO4. The van der Waals surface area contributed by atoms with E-state index < -0.39 is 29.1 Å². The first-order valence-electron chi connectivity index (χ1n) is 6.81. The monoisotopic (exact) mass is 271 g/mol. The molecule has 0 aliphatic heterocycles. The van der Waals surface area contributed by atoms with Gasteiger partial charge in [0, 0.05) is 0 Å². The number of hydrogen-bond donors (Lipinski definition) is 2. The average Bonchev–Trinajstić information content (AvgIpc) is 2.10. The van der Waals surface area contributed by atoms with Gasteiger partial charge in [-0.2, -0.15) is 0 Å². The van der Waals surface area contributed by atoms with Crippen LogP contribution in [-0.2, 0) is 9.53 Å². The maximum absolute atomic E-state index is 11.9. The Morgan fingerprint density at radius 3 is 2.05 bits per heavy atom. The first kappa shape index (κ1) is 15.8. The van der Waals surface area contributed by atoms with Crippen LogP contribution >= 0.6 is 0 Å². The van der Waals surface area contributed by atoms with Gasteiger partial charge in [0.15, 0.2) is 0 Å². The van der Waals surface area contributed by atoms with Gasteiger partial charge in [-0.25, -0.2) is 4.79 Å². The van der Waals surface area contributed by atoms with E-state index in [1.807, 2.05) is 13.8 Å². The van der Waals surface area contributed by atoms with Gasteiger partial charge in [0.25, 0.3) is 0 Å². The van der Waals surface area contributed by atoms with Crippen molar-refractivity contribution in [3.63, 3.8) is 0 Å². The molecule has 0 bridgehead atoms. The summed E-state index contributed by atoms with van der Waals surface area (Å²) in [5.74, 6) is -0.780. The summed E-state index contributed by atoms with van der Waals surface area (Å²) in [5.41, 5.74) is -1.41. The Balaban J connectivity index is 2.79. The fraction of sp³-hybridized carbons (Fsp3) is 0.857. The normalized spacial score (nSPS) is 19.5. The van der Waals surface area contributed by atoms with Crippen LogP contribution in [0.15, 0.2) is 0 Å². The SMILES string of the molecule is CC(C)C(NC(=O)OC(C)(C)C)C1(C(=O)O)CCC1. The van der Waals surface area contributed by atoms with Crippen molar-refractivity contribution >= 4 is 12.1 Å². The molecule has 1 aliphatic carbocycles. The van der Waals surface area contributed by atoms with Gasteiger partial charge in [-0.15, -0.1) is 0 Å². The third-order valence-corrected chi connectivity index (χ3v) is 3.61. The molecule has 5 nitrogen and oxygen atoms in total. The van der Waals surface area contributed by atoms with Gasteiger partial charge >= 0.3 is 12.1 Å². The van der Waals surface area contributed by atoms with Crippen molar-refractivity contribution in [2.75, 3.05) is 0 Å². The van der Waals surface area contributed by atoms with Crippen molar-refractivity contribution in [1.29, 1.82) is 0 Å². The first-order chi connectivity index (χ1) is 8.58. The zero-order valence-corrected chi connectivity index (χ0v) is 12.4. The molecule has 0 aromatic heterocycles. The molecule has 0 spiro atoms. The predicted octanol–water partition coefficient (Wildman–Crippen LogP) is 2.79. The second-order valence-corrected chi connectivity index (χ2v) is 6.68. The highest BCUT2D eigenvalue weighted by Gasteiger charge is 2.52. The van der Waals surface area contributed by atoms with E-state index in [4.69, 9.17) is 4.74 Å². The molecule has 1 amide bonds. The lowest BCUT2D eigenvalue weighted by atomic mass is 9.61. The third-order valence-electron chi connectivity index (χ3n) is 3.61. The highest BCUT2D eigenvalue weighted by Crippen LogP contribution is 2.46. The molecule has 1 fully saturated rings. The summed E-state index contributed by atoms with van der Waals surface area (Å²) in [6.07, 6.45) is 1.58. The maximum Gasteiger partial charge on any atom is 0.407 e. The fourth-order valence-corrected chi connectivity index (χ4v) is 2.59. The van der Waals surface area contributed by atoms with Crippen LogP contribution in [-0.4, -0.2) is 28.8 Å². The van der Waals surface area contributed by atoms with E-state index in [1.54, 1.807) is 20.8 Å². The number of carbonyl (C=O) groups is 2. The van der Waals surface area contributed by atoms with Gasteiger partial charge in [0.1, 0.15) is 5.60 Å². The molecule has 1 unspecified atom stereocenters. The zero-order valence-electron chi connectivity index (χ0n) is 12.4. The van der Waals surface area contributed by atoms with Crippen molar-refractivity contribution in [2.45, 2.75) is 65.5 Å². The van der Waals surface area contributed by atoms with Crippen LogP contribution in [0.2, 0.25) is 0 Å². The highest BCUT2D eigenvalue weighted by atomic mass is 16.6. The molecule has 110 valence electrons. The molecule has 2 N–H and O–H groups in total. The first-order valence-corrected chi connectivity index (χ1v) is 6.81. The number of carbonyl (C=O) groups excluding carboxylic acids is 1. The number of alkyl carbamates (subject to hydrolysis) is 1. The Kier molecular flexibility index (Phi) is 4.48. The van der Waals surface area contributed by atoms with Crippen LogP contribution < -0.4 is 5.32 Å². The topological polar surface area (TPSA) is 75.6 Å². The van der Waals surface area contributed by atoms with Gasteiger partial charge in [-0.1, -0.05) is 20.3 Å². The van der Waals surface area contributed by atoms with E-state index in [0.29, 0.717) is 12.8 Å². The minimum absolute atomic E-state index is 0.0453. The zero-order chi connectivity index (χ0) is 14.8. The number of ether oxygens (including phenoxy) is 1. The number of hydrogen-bond acceptors (Lipinski definition) is 3. The molecule has 1 aliphatic rings. The number of amides is 1. The quantitative estimate of drug-likeness (QED) is 0.824. The summed E-state index contributed by atoms with van der Waals surface area (Å²) >= 11 is 0. The van der Waals surface area contributed by atoms with Gasteiger partial charge < -0.3 is 15.2 Å². The molecule has 0 aromatic rings. The van der Waals surface area contributed by atoms with E-state index in [0.717, 1.165) is 6.42 Å². The lowest BCUT2D eigenvalue weighted by Crippen LogP contribution is -2.58. The Labute approximate surface area is 114 Å². The summed E-state index contributed by atoms with van der Waals surface area (Å²) in [7, 11) is 0. The number of aliphatic carboxylic acids is 1. The van der Waals surface area contributed by atoms with E-state index >= 15 is 0 Å². The lowest BCUT2D eigenvalue weighted by Gasteiger charge is -2.46. The van der Waals surface area contributed by atoms with Crippen molar-refractivity contribution in [3.05, 3.63) is 0 Å². The van der Waals surface area contributed by atoms with Crippen LogP contribution in [0.4, 0.5) is 4.79 Å². The number of carboxylic acid groups (broad SMARTS) is 1. The molecule has 19 heavy (non-hydrogen) atoms. The maximum atomic E-state index is 11.9. The van der Waals surface area contributed by atoms with E-state index in [2.05, 4.69) is 5.32 Å². The average molecular weight is 271 g/mol. The molecule has 0 saturated heterocycles. The Hall–Kier alpha value is -1.26. The molecule has 1 saturated carbocycles. The van der Waals surface area contributed by atoms with Crippen LogP contribution in [0.1, 0.15) is 53.9 Å². The van der Waals surface area contributed by atoms with Gasteiger partial charge in [0.05, 0.1) is 11.5 Å². The predicted molar refractivity (Wildman–Crippen MR) is 71.9 cm³/mol. The van der Waals surface area contributed by atoms with Crippen molar-refractivity contribution in [3.8, 4) is 0 Å². The smallest absolute Gasteiger partial charge is 0.407 e. The van der Waals surface area contributed by atoms with Gasteiger partial charge in [-0.3, -0.25) is 4.79 Å².